The minimum Gasteiger partial charge on any atom is -0.384 e. The average Bonchev–Trinajstić information content (AvgIpc) is 2.30. The van der Waals surface area contributed by atoms with E-state index in [9.17, 15) is 0 Å². The minimum atomic E-state index is 0.112. The highest BCUT2D eigenvalue weighted by Crippen LogP contribution is 2.20. The smallest absolute Gasteiger partial charge is 0.123 e. The van der Waals surface area contributed by atoms with Crippen molar-refractivity contribution in [1.82, 2.24) is 10.3 Å². The van der Waals surface area contributed by atoms with Crippen molar-refractivity contribution in [2.24, 2.45) is 0 Å². The molecule has 0 aliphatic carbocycles. The van der Waals surface area contributed by atoms with Crippen LogP contribution in [0.15, 0.2) is 18.3 Å². The van der Waals surface area contributed by atoms with Crippen LogP contribution < -0.4 is 11.1 Å². The topological polar surface area (TPSA) is 60.2 Å². The molecule has 4 nitrogen and oxygen atoms in total. The number of morpholine rings is 1. The molecule has 2 heterocycles. The first-order chi connectivity index (χ1) is 7.29. The van der Waals surface area contributed by atoms with E-state index in [-0.39, 0.29) is 6.10 Å². The lowest BCUT2D eigenvalue weighted by atomic mass is 10.1. The van der Waals surface area contributed by atoms with Crippen molar-refractivity contribution in [3.63, 3.8) is 0 Å². The summed E-state index contributed by atoms with van der Waals surface area (Å²) in [7, 11) is 0. The van der Waals surface area contributed by atoms with Gasteiger partial charge in [-0.3, -0.25) is 0 Å². The number of nitrogens with zero attached hydrogens (tertiary/aromatic N) is 1. The second-order valence-electron chi connectivity index (χ2n) is 3.85. The van der Waals surface area contributed by atoms with Crippen molar-refractivity contribution in [1.29, 1.82) is 0 Å². The fourth-order valence-electron chi connectivity index (χ4n) is 1.71. The standard InChI is InChI=1S/C11H17N3O/c1-2-9-7-15-10(6-13-9)8-3-4-11(12)14-5-8/h3-5,9-10,13H,2,6-7H2,1H3,(H2,12,14)/t9-,10-/m0/s1. The Bertz CT molecular complexity index is 304. The van der Waals surface area contributed by atoms with E-state index in [4.69, 9.17) is 10.5 Å². The molecular weight excluding hydrogens is 190 g/mol. The lowest BCUT2D eigenvalue weighted by Crippen LogP contribution is -2.42. The predicted molar refractivity (Wildman–Crippen MR) is 59.4 cm³/mol. The summed E-state index contributed by atoms with van der Waals surface area (Å²) in [4.78, 5) is 4.06. The van der Waals surface area contributed by atoms with Crippen molar-refractivity contribution in [3.05, 3.63) is 23.9 Å². The van der Waals surface area contributed by atoms with E-state index in [1.54, 1.807) is 6.20 Å². The van der Waals surface area contributed by atoms with Crippen LogP contribution in [0, 0.1) is 0 Å². The number of nitrogens with one attached hydrogen (secondary N) is 1. The lowest BCUT2D eigenvalue weighted by Gasteiger charge is -2.29. The van der Waals surface area contributed by atoms with Crippen molar-refractivity contribution < 1.29 is 4.74 Å². The van der Waals surface area contributed by atoms with Crippen molar-refractivity contribution in [2.45, 2.75) is 25.5 Å². The van der Waals surface area contributed by atoms with Crippen LogP contribution in [0.5, 0.6) is 0 Å². The fraction of sp³-hybridized carbons (Fsp3) is 0.545. The van der Waals surface area contributed by atoms with Crippen LogP contribution in [-0.4, -0.2) is 24.2 Å². The van der Waals surface area contributed by atoms with Gasteiger partial charge in [-0.15, -0.1) is 0 Å². The molecule has 1 aromatic heterocycles. The highest BCUT2D eigenvalue weighted by atomic mass is 16.5. The molecule has 1 aromatic rings. The highest BCUT2D eigenvalue weighted by Gasteiger charge is 2.21. The zero-order valence-corrected chi connectivity index (χ0v) is 8.94. The maximum Gasteiger partial charge on any atom is 0.123 e. The molecule has 82 valence electrons. The molecule has 4 heteroatoms. The first kappa shape index (κ1) is 10.4. The number of hydrogen-bond donors (Lipinski definition) is 2. The molecule has 0 bridgehead atoms. The van der Waals surface area contributed by atoms with Crippen LogP contribution in [0.2, 0.25) is 0 Å². The number of nitrogen functional groups attached to an aromatic ring is 1. The zero-order valence-electron chi connectivity index (χ0n) is 8.94. The third-order valence-corrected chi connectivity index (χ3v) is 2.76. The first-order valence-corrected chi connectivity index (χ1v) is 5.36. The first-order valence-electron chi connectivity index (χ1n) is 5.36. The second kappa shape index (κ2) is 4.59. The molecule has 0 amide bonds. The van der Waals surface area contributed by atoms with Crippen LogP contribution in [0.25, 0.3) is 0 Å². The van der Waals surface area contributed by atoms with Gasteiger partial charge in [-0.1, -0.05) is 13.0 Å². The third-order valence-electron chi connectivity index (χ3n) is 2.76. The van der Waals surface area contributed by atoms with Crippen molar-refractivity contribution in [3.8, 4) is 0 Å². The van der Waals surface area contributed by atoms with Gasteiger partial charge in [-0.05, 0) is 12.5 Å². The maximum atomic E-state index is 5.76. The summed E-state index contributed by atoms with van der Waals surface area (Å²) in [5.41, 5.74) is 6.62. The van der Waals surface area contributed by atoms with Gasteiger partial charge in [0.05, 0.1) is 12.7 Å². The second-order valence-corrected chi connectivity index (χ2v) is 3.85. The molecule has 1 fully saturated rings. The van der Waals surface area contributed by atoms with Crippen LogP contribution in [-0.2, 0) is 4.74 Å². The Balaban J connectivity index is 1.98. The van der Waals surface area contributed by atoms with Crippen molar-refractivity contribution in [2.75, 3.05) is 18.9 Å². The Labute approximate surface area is 89.8 Å². The van der Waals surface area contributed by atoms with E-state index in [1.165, 1.54) is 0 Å². The molecule has 0 unspecified atom stereocenters. The number of nitrogens with two attached hydrogens (primary N) is 1. The molecule has 0 spiro atoms. The Kier molecular flexibility index (Phi) is 3.18. The Morgan fingerprint density at radius 1 is 1.60 bits per heavy atom. The van der Waals surface area contributed by atoms with E-state index in [0.717, 1.165) is 25.1 Å². The molecule has 2 atom stereocenters. The van der Waals surface area contributed by atoms with E-state index < -0.39 is 0 Å². The number of rotatable bonds is 2. The van der Waals surface area contributed by atoms with E-state index in [0.29, 0.717) is 11.9 Å². The molecule has 0 saturated carbocycles. The van der Waals surface area contributed by atoms with Gasteiger partial charge in [0.2, 0.25) is 0 Å². The summed E-state index contributed by atoms with van der Waals surface area (Å²) in [5, 5.41) is 3.45. The number of anilines is 1. The molecule has 1 aliphatic rings. The summed E-state index contributed by atoms with van der Waals surface area (Å²) >= 11 is 0. The summed E-state index contributed by atoms with van der Waals surface area (Å²) in [6, 6.07) is 4.27. The number of pyridine rings is 1. The van der Waals surface area contributed by atoms with Gasteiger partial charge in [0.1, 0.15) is 5.82 Å². The Hall–Kier alpha value is -1.13. The molecule has 1 aliphatic heterocycles. The van der Waals surface area contributed by atoms with E-state index >= 15 is 0 Å². The SMILES string of the molecule is CC[C@H]1CO[C@H](c2ccc(N)nc2)CN1. The number of hydrogen-bond acceptors (Lipinski definition) is 4. The Morgan fingerprint density at radius 2 is 2.47 bits per heavy atom. The van der Waals surface area contributed by atoms with Crippen LogP contribution >= 0.6 is 0 Å². The van der Waals surface area contributed by atoms with Crippen LogP contribution in [0.1, 0.15) is 25.0 Å². The van der Waals surface area contributed by atoms with Gasteiger partial charge in [0, 0.05) is 24.3 Å². The van der Waals surface area contributed by atoms with Crippen molar-refractivity contribution >= 4 is 5.82 Å². The van der Waals surface area contributed by atoms with Crippen LogP contribution in [0.4, 0.5) is 5.82 Å². The summed E-state index contributed by atoms with van der Waals surface area (Å²) in [6.45, 7) is 3.78. The van der Waals surface area contributed by atoms with Gasteiger partial charge in [0.15, 0.2) is 0 Å². The molecule has 0 aromatic carbocycles. The molecule has 3 N–H and O–H groups in total. The largest absolute Gasteiger partial charge is 0.384 e. The van der Waals surface area contributed by atoms with E-state index in [1.807, 2.05) is 12.1 Å². The van der Waals surface area contributed by atoms with E-state index in [2.05, 4.69) is 17.2 Å². The van der Waals surface area contributed by atoms with Crippen LogP contribution in [0.3, 0.4) is 0 Å². The number of aromatic nitrogens is 1. The summed E-state index contributed by atoms with van der Waals surface area (Å²) < 4.78 is 5.76. The highest BCUT2D eigenvalue weighted by molar-refractivity contribution is 5.30. The predicted octanol–water partition coefficient (Wildman–Crippen LogP) is 1.10. The third kappa shape index (κ3) is 2.46. The van der Waals surface area contributed by atoms with Gasteiger partial charge >= 0.3 is 0 Å². The summed E-state index contributed by atoms with van der Waals surface area (Å²) in [6.07, 6.45) is 3.00. The molecule has 1 saturated heterocycles. The quantitative estimate of drug-likeness (QED) is 0.762. The van der Waals surface area contributed by atoms with Gasteiger partial charge in [-0.25, -0.2) is 4.98 Å². The maximum absolute atomic E-state index is 5.76. The van der Waals surface area contributed by atoms with Gasteiger partial charge in [-0.2, -0.15) is 0 Å². The number of ether oxygens (including phenoxy) is 1. The molecule has 0 radical (unpaired) electrons. The minimum absolute atomic E-state index is 0.112. The summed E-state index contributed by atoms with van der Waals surface area (Å²) in [5.74, 6) is 0.550. The molecule has 15 heavy (non-hydrogen) atoms. The van der Waals surface area contributed by atoms with Gasteiger partial charge in [0.25, 0.3) is 0 Å². The zero-order chi connectivity index (χ0) is 10.7. The normalized spacial score (nSPS) is 26.5. The lowest BCUT2D eigenvalue weighted by molar-refractivity contribution is 0.00207. The molecule has 2 rings (SSSR count). The fourth-order valence-corrected chi connectivity index (χ4v) is 1.71. The molecular formula is C11H17N3O. The Morgan fingerprint density at radius 3 is 3.00 bits per heavy atom. The monoisotopic (exact) mass is 207 g/mol. The van der Waals surface area contributed by atoms with Gasteiger partial charge < -0.3 is 15.8 Å². The average molecular weight is 207 g/mol.